The number of ether oxygens (including phenoxy) is 9. The molecule has 0 saturated carbocycles. The third-order valence-electron chi connectivity index (χ3n) is 6.72. The van der Waals surface area contributed by atoms with Gasteiger partial charge in [0.1, 0.15) is 42.7 Å². The maximum atomic E-state index is 13.7. The van der Waals surface area contributed by atoms with Crippen LogP contribution in [0.5, 0.6) is 0 Å². The van der Waals surface area contributed by atoms with Crippen molar-refractivity contribution in [3.05, 3.63) is 11.9 Å². The number of fused-ring (bicyclic) bond motifs is 4. The van der Waals surface area contributed by atoms with Crippen LogP contribution in [0.4, 0.5) is 0 Å². The fourth-order valence-corrected chi connectivity index (χ4v) is 6.78. The predicted molar refractivity (Wildman–Crippen MR) is 126 cm³/mol. The van der Waals surface area contributed by atoms with Crippen LogP contribution in [0.3, 0.4) is 0 Å². The summed E-state index contributed by atoms with van der Waals surface area (Å²) in [7, 11) is -2.17. The second-order valence-corrected chi connectivity index (χ2v) is 13.0. The molecule has 10 atom stereocenters. The van der Waals surface area contributed by atoms with Gasteiger partial charge in [0.2, 0.25) is 0 Å². The molecular weight excluding hydrogens is 511 g/mol. The smallest absolute Gasteiger partial charge is 0.353 e. The molecule has 5 heterocycles. The molecule has 5 saturated heterocycles. The Balaban J connectivity index is 1.29. The molecule has 0 aliphatic carbocycles. The van der Waals surface area contributed by atoms with Gasteiger partial charge < -0.3 is 51.7 Å². The van der Waals surface area contributed by atoms with Gasteiger partial charge in [-0.3, -0.25) is 4.57 Å². The Bertz CT molecular complexity index is 921. The first-order chi connectivity index (χ1) is 17.2. The van der Waals surface area contributed by atoms with Gasteiger partial charge in [-0.2, -0.15) is 0 Å². The number of rotatable bonds is 8. The fourth-order valence-electron chi connectivity index (χ4n) is 5.43. The van der Waals surface area contributed by atoms with Crippen LogP contribution in [0, 0.1) is 0 Å². The molecule has 0 radical (unpaired) electrons. The predicted octanol–water partition coefficient (Wildman–Crippen LogP) is 3.03. The third kappa shape index (κ3) is 5.73. The van der Waals surface area contributed by atoms with Crippen molar-refractivity contribution >= 4 is 7.60 Å². The normalized spacial score (nSPS) is 45.0. The maximum absolute atomic E-state index is 13.7. The van der Waals surface area contributed by atoms with E-state index in [9.17, 15) is 4.57 Å². The van der Waals surface area contributed by atoms with Crippen LogP contribution < -0.4 is 0 Å². The van der Waals surface area contributed by atoms with Crippen molar-refractivity contribution in [2.45, 2.75) is 121 Å². The Hall–Kier alpha value is -0.470. The van der Waals surface area contributed by atoms with Gasteiger partial charge in [-0.1, -0.05) is 0 Å². The largest absolute Gasteiger partial charge is 0.354 e. The molecule has 12 nitrogen and oxygen atoms in total. The molecule has 0 N–H and O–H groups in total. The molecule has 0 aromatic rings. The Morgan fingerprint density at radius 1 is 0.757 bits per heavy atom. The molecule has 0 amide bonds. The first-order valence-electron chi connectivity index (χ1n) is 12.7. The minimum Gasteiger partial charge on any atom is -0.353 e. The van der Waals surface area contributed by atoms with Gasteiger partial charge in [-0.15, -0.1) is 0 Å². The molecule has 0 bridgehead atoms. The van der Waals surface area contributed by atoms with E-state index < -0.39 is 80.3 Å². The van der Waals surface area contributed by atoms with E-state index in [1.54, 1.807) is 13.0 Å². The summed E-state index contributed by atoms with van der Waals surface area (Å²) in [5.41, 5.74) is 0. The van der Waals surface area contributed by atoms with Gasteiger partial charge in [-0.25, -0.2) is 0 Å². The molecule has 0 spiro atoms. The summed E-state index contributed by atoms with van der Waals surface area (Å²) in [5, 5.41) is 0. The monoisotopic (exact) mass is 550 g/mol. The lowest BCUT2D eigenvalue weighted by Crippen LogP contribution is -2.54. The van der Waals surface area contributed by atoms with E-state index in [0.29, 0.717) is 0 Å². The zero-order chi connectivity index (χ0) is 26.8. The Morgan fingerprint density at radius 2 is 1.35 bits per heavy atom. The van der Waals surface area contributed by atoms with E-state index in [1.165, 1.54) is 12.9 Å². The molecule has 0 aromatic carbocycles. The summed E-state index contributed by atoms with van der Waals surface area (Å²) in [5.74, 6) is -1.08. The highest BCUT2D eigenvalue weighted by molar-refractivity contribution is 7.57. The fraction of sp³-hybridized carbons (Fsp3) is 0.917. The first-order valence-corrected chi connectivity index (χ1v) is 14.3. The molecule has 5 fully saturated rings. The molecule has 5 aliphatic rings. The average molecular weight is 551 g/mol. The van der Waals surface area contributed by atoms with Crippen molar-refractivity contribution in [3.63, 3.8) is 0 Å². The summed E-state index contributed by atoms with van der Waals surface area (Å²) in [4.78, 5) is 0. The van der Waals surface area contributed by atoms with Crippen LogP contribution >= 0.6 is 7.60 Å². The summed E-state index contributed by atoms with van der Waals surface area (Å²) in [6.07, 6.45) is -3.13. The van der Waals surface area contributed by atoms with Crippen molar-refractivity contribution in [1.29, 1.82) is 0 Å². The molecule has 0 aromatic heterocycles. The third-order valence-corrected chi connectivity index (χ3v) is 8.38. The number of hydrogen-bond acceptors (Lipinski definition) is 12. The lowest BCUT2D eigenvalue weighted by atomic mass is 9.99. The summed E-state index contributed by atoms with van der Waals surface area (Å²) < 4.78 is 78.6. The Kier molecular flexibility index (Phi) is 7.49. The van der Waals surface area contributed by atoms with Gasteiger partial charge in [0, 0.05) is 12.9 Å². The van der Waals surface area contributed by atoms with Crippen LogP contribution in [0.1, 0.15) is 48.5 Å². The van der Waals surface area contributed by atoms with Crippen LogP contribution in [0.2, 0.25) is 0 Å². The highest BCUT2D eigenvalue weighted by Gasteiger charge is 2.60. The first kappa shape index (κ1) is 28.1. The van der Waals surface area contributed by atoms with Crippen molar-refractivity contribution in [2.75, 3.05) is 20.3 Å². The standard InChI is InChI=1S/C24H39O12P/c1-9-27-37(25,28-12-14-16-18(20(26-8)30-14)34-23(4,5)32-16)11-10-13-15-17(33-22(2,3)31-15)19-21(29-13)36-24(6,7)35-19/h10-11,13-21H,9,12H2,1-8H3/b11-10+/t13-,14-,15+,16-,17+,18-,19-,20-,21+,37?/m1/s1. The molecule has 1 unspecified atom stereocenters. The lowest BCUT2D eigenvalue weighted by molar-refractivity contribution is -0.229. The molecule has 37 heavy (non-hydrogen) atoms. The summed E-state index contributed by atoms with van der Waals surface area (Å²) in [6.45, 7) is 12.8. The van der Waals surface area contributed by atoms with Crippen LogP contribution in [-0.2, 0) is 56.2 Å². The molecular formula is C24H39O12P. The second-order valence-electron chi connectivity index (χ2n) is 11.1. The SMILES string of the molecule is CCOP(=O)(/C=C/[C@H]1O[C@H]2OC(C)(C)O[C@@H]2[C@H]2OC(C)(C)O[C@H]21)OC[C@H]1O[C@@H](OC)[C@@H]2OC(C)(C)O[C@@H]21. The van der Waals surface area contributed by atoms with E-state index in [-0.39, 0.29) is 13.2 Å². The Morgan fingerprint density at radius 3 is 2.03 bits per heavy atom. The number of hydrogen-bond donors (Lipinski definition) is 0. The minimum atomic E-state index is -3.70. The van der Waals surface area contributed by atoms with Gasteiger partial charge in [0.15, 0.2) is 29.9 Å². The number of methoxy groups -OCH3 is 1. The highest BCUT2D eigenvalue weighted by atomic mass is 31.2. The van der Waals surface area contributed by atoms with E-state index in [2.05, 4.69) is 0 Å². The van der Waals surface area contributed by atoms with E-state index in [4.69, 9.17) is 51.7 Å². The maximum Gasteiger partial charge on any atom is 0.354 e. The molecule has 212 valence electrons. The molecule has 5 aliphatic heterocycles. The second kappa shape index (κ2) is 9.87. The zero-order valence-electron chi connectivity index (χ0n) is 22.6. The van der Waals surface area contributed by atoms with Gasteiger partial charge in [0.25, 0.3) is 0 Å². The van der Waals surface area contributed by atoms with Crippen molar-refractivity contribution in [3.8, 4) is 0 Å². The van der Waals surface area contributed by atoms with Crippen LogP contribution in [0.15, 0.2) is 11.9 Å². The van der Waals surface area contributed by atoms with Crippen molar-refractivity contribution < 1.29 is 56.2 Å². The van der Waals surface area contributed by atoms with Gasteiger partial charge in [0.05, 0.1) is 13.2 Å². The summed E-state index contributed by atoms with van der Waals surface area (Å²) in [6, 6.07) is 0. The van der Waals surface area contributed by atoms with Crippen molar-refractivity contribution in [1.82, 2.24) is 0 Å². The average Bonchev–Trinajstić information content (AvgIpc) is 3.47. The molecule has 13 heteroatoms. The van der Waals surface area contributed by atoms with Crippen LogP contribution in [-0.4, -0.2) is 93.0 Å². The van der Waals surface area contributed by atoms with Crippen LogP contribution in [0.25, 0.3) is 0 Å². The highest BCUT2D eigenvalue weighted by Crippen LogP contribution is 2.52. The van der Waals surface area contributed by atoms with E-state index >= 15 is 0 Å². The zero-order valence-corrected chi connectivity index (χ0v) is 23.5. The topological polar surface area (TPSA) is 119 Å². The minimum absolute atomic E-state index is 0.0534. The van der Waals surface area contributed by atoms with E-state index in [0.717, 1.165) is 0 Å². The van der Waals surface area contributed by atoms with Gasteiger partial charge >= 0.3 is 7.60 Å². The quantitative estimate of drug-likeness (QED) is 0.413. The molecule has 5 rings (SSSR count). The lowest BCUT2D eigenvalue weighted by Gasteiger charge is -2.36. The van der Waals surface area contributed by atoms with Crippen molar-refractivity contribution in [2.24, 2.45) is 0 Å². The van der Waals surface area contributed by atoms with Gasteiger partial charge in [-0.05, 0) is 54.5 Å². The van der Waals surface area contributed by atoms with E-state index in [1.807, 2.05) is 41.5 Å². The summed E-state index contributed by atoms with van der Waals surface area (Å²) >= 11 is 0. The Labute approximate surface area is 217 Å².